The van der Waals surface area contributed by atoms with Crippen LogP contribution in [0.5, 0.6) is 0 Å². The predicted molar refractivity (Wildman–Crippen MR) is 87.1 cm³/mol. The molecule has 2 rings (SSSR count). The highest BCUT2D eigenvalue weighted by Gasteiger charge is 2.23. The maximum absolute atomic E-state index is 13.1. The molecule has 1 aromatic heterocycles. The number of amides is 1. The summed E-state index contributed by atoms with van der Waals surface area (Å²) < 4.78 is 17.7. The number of ether oxygens (including phenoxy) is 1. The second-order valence-corrected chi connectivity index (χ2v) is 5.22. The molecule has 0 aliphatic heterocycles. The van der Waals surface area contributed by atoms with Crippen LogP contribution < -0.4 is 0 Å². The minimum atomic E-state index is -0.598. The maximum atomic E-state index is 13.1. The summed E-state index contributed by atoms with van der Waals surface area (Å²) in [4.78, 5) is 30.0. The summed E-state index contributed by atoms with van der Waals surface area (Å²) in [6.07, 6.45) is 0. The van der Waals surface area contributed by atoms with E-state index in [0.29, 0.717) is 6.54 Å². The van der Waals surface area contributed by atoms with Gasteiger partial charge in [0.1, 0.15) is 17.2 Å². The summed E-state index contributed by atoms with van der Waals surface area (Å²) in [6.45, 7) is 4.16. The van der Waals surface area contributed by atoms with Gasteiger partial charge in [-0.3, -0.25) is 4.79 Å². The Morgan fingerprint density at radius 1 is 1.17 bits per heavy atom. The molecule has 0 unspecified atom stereocenters. The fraction of sp³-hybridized carbons (Fsp3) is 0.278. The molecule has 2 aromatic rings. The monoisotopic (exact) mass is 330 g/mol. The van der Waals surface area contributed by atoms with Crippen LogP contribution in [-0.4, -0.2) is 35.4 Å². The molecule has 126 valence electrons. The summed E-state index contributed by atoms with van der Waals surface area (Å²) in [5, 5.41) is 0. The molecule has 0 N–H and O–H groups in total. The Bertz CT molecular complexity index is 731. The molecule has 1 atom stereocenters. The van der Waals surface area contributed by atoms with Gasteiger partial charge in [0.15, 0.2) is 0 Å². The highest BCUT2D eigenvalue weighted by molar-refractivity contribution is 5.94. The summed E-state index contributed by atoms with van der Waals surface area (Å²) in [5.41, 5.74) is 1.05. The first kappa shape index (κ1) is 17.6. The number of aromatic nitrogens is 1. The third-order valence-corrected chi connectivity index (χ3v) is 3.78. The quantitative estimate of drug-likeness (QED) is 0.790. The molecule has 0 spiro atoms. The highest BCUT2D eigenvalue weighted by atomic mass is 19.1. The number of esters is 1. The van der Waals surface area contributed by atoms with Crippen LogP contribution in [0.15, 0.2) is 42.5 Å². The predicted octanol–water partition coefficient (Wildman–Crippen LogP) is 3.23. The number of hydrogen-bond acceptors (Lipinski definition) is 4. The fourth-order valence-corrected chi connectivity index (χ4v) is 2.43. The van der Waals surface area contributed by atoms with Gasteiger partial charge in [-0.2, -0.15) is 0 Å². The van der Waals surface area contributed by atoms with E-state index in [1.165, 1.54) is 25.3 Å². The topological polar surface area (TPSA) is 59.5 Å². The van der Waals surface area contributed by atoms with Crippen LogP contribution >= 0.6 is 0 Å². The molecule has 1 aromatic carbocycles. The lowest BCUT2D eigenvalue weighted by Gasteiger charge is -2.28. The molecule has 5 nitrogen and oxygen atoms in total. The number of nitrogens with zero attached hydrogens (tertiary/aromatic N) is 2. The van der Waals surface area contributed by atoms with E-state index >= 15 is 0 Å². The number of rotatable bonds is 5. The van der Waals surface area contributed by atoms with E-state index in [9.17, 15) is 14.0 Å². The lowest BCUT2D eigenvalue weighted by atomic mass is 10.1. The zero-order chi connectivity index (χ0) is 17.7. The zero-order valence-electron chi connectivity index (χ0n) is 13.8. The molecule has 0 fully saturated rings. The number of pyridine rings is 1. The summed E-state index contributed by atoms with van der Waals surface area (Å²) in [5.74, 6) is -1.23. The third-order valence-electron chi connectivity index (χ3n) is 3.78. The van der Waals surface area contributed by atoms with Crippen molar-refractivity contribution in [3.8, 4) is 0 Å². The van der Waals surface area contributed by atoms with Crippen LogP contribution in [0.3, 0.4) is 0 Å². The Hall–Kier alpha value is -2.76. The highest BCUT2D eigenvalue weighted by Crippen LogP contribution is 2.22. The van der Waals surface area contributed by atoms with E-state index < -0.39 is 5.97 Å². The average molecular weight is 330 g/mol. The Morgan fingerprint density at radius 2 is 1.79 bits per heavy atom. The number of benzene rings is 1. The molecule has 0 aliphatic rings. The van der Waals surface area contributed by atoms with Crippen molar-refractivity contribution in [3.63, 3.8) is 0 Å². The van der Waals surface area contributed by atoms with Gasteiger partial charge in [-0.05, 0) is 43.7 Å². The lowest BCUT2D eigenvalue weighted by molar-refractivity contribution is 0.0593. The van der Waals surface area contributed by atoms with E-state index in [4.69, 9.17) is 0 Å². The van der Waals surface area contributed by atoms with Gasteiger partial charge in [0.25, 0.3) is 5.91 Å². The van der Waals surface area contributed by atoms with Crippen LogP contribution in [0.2, 0.25) is 0 Å². The summed E-state index contributed by atoms with van der Waals surface area (Å²) in [6, 6.07) is 10.4. The third kappa shape index (κ3) is 3.76. The second kappa shape index (κ2) is 7.68. The van der Waals surface area contributed by atoms with Crippen LogP contribution in [0.4, 0.5) is 4.39 Å². The Balaban J connectivity index is 2.28. The number of carbonyl (C=O) groups excluding carboxylic acids is 2. The molecule has 0 bridgehead atoms. The molecule has 24 heavy (non-hydrogen) atoms. The second-order valence-electron chi connectivity index (χ2n) is 5.22. The average Bonchev–Trinajstić information content (AvgIpc) is 2.62. The van der Waals surface area contributed by atoms with Gasteiger partial charge in [-0.15, -0.1) is 0 Å². The van der Waals surface area contributed by atoms with Gasteiger partial charge >= 0.3 is 5.97 Å². The first-order valence-corrected chi connectivity index (χ1v) is 7.59. The van der Waals surface area contributed by atoms with Crippen LogP contribution in [0, 0.1) is 5.82 Å². The molecular formula is C18H19FN2O3. The smallest absolute Gasteiger partial charge is 0.356 e. The van der Waals surface area contributed by atoms with Crippen molar-refractivity contribution < 1.29 is 18.7 Å². The Morgan fingerprint density at radius 3 is 2.38 bits per heavy atom. The molecule has 1 amide bonds. The van der Waals surface area contributed by atoms with Gasteiger partial charge in [-0.25, -0.2) is 14.2 Å². The molecule has 0 radical (unpaired) electrons. The van der Waals surface area contributed by atoms with Crippen molar-refractivity contribution in [3.05, 3.63) is 65.2 Å². The van der Waals surface area contributed by atoms with Gasteiger partial charge in [0.2, 0.25) is 0 Å². The fourth-order valence-electron chi connectivity index (χ4n) is 2.43. The summed E-state index contributed by atoms with van der Waals surface area (Å²) >= 11 is 0. The largest absolute Gasteiger partial charge is 0.464 e. The van der Waals surface area contributed by atoms with E-state index in [1.54, 1.807) is 29.2 Å². The van der Waals surface area contributed by atoms with Crippen LogP contribution in [-0.2, 0) is 4.74 Å². The van der Waals surface area contributed by atoms with Crippen molar-refractivity contribution in [1.29, 1.82) is 0 Å². The van der Waals surface area contributed by atoms with Gasteiger partial charge in [-0.1, -0.05) is 18.2 Å². The standard InChI is InChI=1S/C18H19FN2O3/c1-4-21(12(2)13-8-10-14(19)11-9-13)17(22)15-6-5-7-16(20-15)18(23)24-3/h5-12H,4H2,1-3H3/t12-/m1/s1. The number of hydrogen-bond donors (Lipinski definition) is 0. The maximum Gasteiger partial charge on any atom is 0.356 e. The van der Waals surface area contributed by atoms with Gasteiger partial charge < -0.3 is 9.64 Å². The number of carbonyl (C=O) groups is 2. The normalized spacial score (nSPS) is 11.7. The molecule has 0 saturated heterocycles. The summed E-state index contributed by atoms with van der Waals surface area (Å²) in [7, 11) is 1.26. The van der Waals surface area contributed by atoms with Crippen LogP contribution in [0.25, 0.3) is 0 Å². The van der Waals surface area contributed by atoms with E-state index in [1.807, 2.05) is 13.8 Å². The molecular weight excluding hydrogens is 311 g/mol. The number of methoxy groups -OCH3 is 1. The first-order chi connectivity index (χ1) is 11.5. The van der Waals surface area contributed by atoms with Crippen molar-refractivity contribution >= 4 is 11.9 Å². The van der Waals surface area contributed by atoms with Crippen molar-refractivity contribution in [2.75, 3.05) is 13.7 Å². The Kier molecular flexibility index (Phi) is 5.63. The van der Waals surface area contributed by atoms with Gasteiger partial charge in [0.05, 0.1) is 13.2 Å². The van der Waals surface area contributed by atoms with E-state index in [-0.39, 0.29) is 29.2 Å². The van der Waals surface area contributed by atoms with E-state index in [0.717, 1.165) is 5.56 Å². The van der Waals surface area contributed by atoms with Gasteiger partial charge in [0, 0.05) is 6.54 Å². The molecule has 0 saturated carbocycles. The minimum Gasteiger partial charge on any atom is -0.464 e. The van der Waals surface area contributed by atoms with Crippen molar-refractivity contribution in [2.24, 2.45) is 0 Å². The first-order valence-electron chi connectivity index (χ1n) is 7.59. The lowest BCUT2D eigenvalue weighted by Crippen LogP contribution is -2.34. The minimum absolute atomic E-state index is 0.0776. The SMILES string of the molecule is CCN(C(=O)c1cccc(C(=O)OC)n1)[C@H](C)c1ccc(F)cc1. The molecule has 6 heteroatoms. The van der Waals surface area contributed by atoms with Crippen molar-refractivity contribution in [2.45, 2.75) is 19.9 Å². The molecule has 1 heterocycles. The van der Waals surface area contributed by atoms with E-state index in [2.05, 4.69) is 9.72 Å². The zero-order valence-corrected chi connectivity index (χ0v) is 13.8. The van der Waals surface area contributed by atoms with Crippen molar-refractivity contribution in [1.82, 2.24) is 9.88 Å². The van der Waals surface area contributed by atoms with Crippen LogP contribution in [0.1, 0.15) is 46.4 Å². The molecule has 0 aliphatic carbocycles. The Labute approximate surface area is 140 Å². The number of halogens is 1.